The van der Waals surface area contributed by atoms with E-state index in [0.29, 0.717) is 0 Å². The third-order valence-electron chi connectivity index (χ3n) is 2.94. The molecule has 0 radical (unpaired) electrons. The molecule has 0 fully saturated rings. The molecule has 2 rings (SSSR count). The molecule has 0 atom stereocenters. The Labute approximate surface area is 127 Å². The molecule has 0 heteroatoms. The van der Waals surface area contributed by atoms with Crippen molar-refractivity contribution in [1.82, 2.24) is 0 Å². The zero-order valence-corrected chi connectivity index (χ0v) is 12.1. The van der Waals surface area contributed by atoms with Crippen LogP contribution in [-0.4, -0.2) is 0 Å². The Morgan fingerprint density at radius 1 is 0.762 bits per heavy atom. The molecule has 0 heterocycles. The number of rotatable bonds is 1. The second kappa shape index (κ2) is 7.65. The Bertz CT molecular complexity index is 780. The summed E-state index contributed by atoms with van der Waals surface area (Å²) in [6.07, 6.45) is 7.46. The predicted molar refractivity (Wildman–Crippen MR) is 88.6 cm³/mol. The van der Waals surface area contributed by atoms with Crippen LogP contribution in [0.1, 0.15) is 42.0 Å². The molecule has 0 aliphatic rings. The van der Waals surface area contributed by atoms with Gasteiger partial charge in [0.25, 0.3) is 0 Å². The van der Waals surface area contributed by atoms with E-state index in [4.69, 9.17) is 6.42 Å². The van der Waals surface area contributed by atoms with Crippen LogP contribution in [0.4, 0.5) is 0 Å². The molecule has 0 saturated heterocycles. The fourth-order valence-corrected chi connectivity index (χ4v) is 1.84. The van der Waals surface area contributed by atoms with Gasteiger partial charge in [0.1, 0.15) is 0 Å². The van der Waals surface area contributed by atoms with Crippen LogP contribution in [0.25, 0.3) is 0 Å². The minimum Gasteiger partial charge on any atom is -0.115 e. The zero-order chi connectivity index (χ0) is 14.9. The normalized spacial score (nSPS) is 8.76. The quantitative estimate of drug-likeness (QED) is 0.679. The maximum absolute atomic E-state index is 5.49. The standard InChI is InChI=1S/C21H16/c1-3-5-6-12-19-13-9-10-15-21(19)17-16-20-14-8-7-11-18(20)4-2/h2,7-11,13-15H,3,5H2,1H3. The van der Waals surface area contributed by atoms with E-state index in [0.717, 1.165) is 35.1 Å². The maximum atomic E-state index is 5.49. The largest absolute Gasteiger partial charge is 0.115 e. The van der Waals surface area contributed by atoms with Gasteiger partial charge in [0.2, 0.25) is 0 Å². The van der Waals surface area contributed by atoms with Crippen LogP contribution in [0.3, 0.4) is 0 Å². The van der Waals surface area contributed by atoms with E-state index in [1.54, 1.807) is 0 Å². The molecular formula is C21H16. The van der Waals surface area contributed by atoms with Crippen LogP contribution in [0.2, 0.25) is 0 Å². The van der Waals surface area contributed by atoms with Gasteiger partial charge in [-0.2, -0.15) is 0 Å². The molecule has 0 amide bonds. The molecule has 0 aromatic heterocycles. The van der Waals surface area contributed by atoms with Crippen molar-refractivity contribution >= 4 is 0 Å². The van der Waals surface area contributed by atoms with Gasteiger partial charge in [-0.15, -0.1) is 6.42 Å². The molecular weight excluding hydrogens is 252 g/mol. The molecule has 0 N–H and O–H groups in total. The summed E-state index contributed by atoms with van der Waals surface area (Å²) in [5.41, 5.74) is 3.60. The lowest BCUT2D eigenvalue weighted by molar-refractivity contribution is 0.983. The van der Waals surface area contributed by atoms with Crippen molar-refractivity contribution in [2.45, 2.75) is 19.8 Å². The summed E-state index contributed by atoms with van der Waals surface area (Å²) in [6, 6.07) is 15.6. The summed E-state index contributed by atoms with van der Waals surface area (Å²) >= 11 is 0. The first-order valence-electron chi connectivity index (χ1n) is 7.00. The third-order valence-corrected chi connectivity index (χ3v) is 2.94. The monoisotopic (exact) mass is 268 g/mol. The van der Waals surface area contributed by atoms with Crippen molar-refractivity contribution < 1.29 is 0 Å². The summed E-state index contributed by atoms with van der Waals surface area (Å²) < 4.78 is 0. The van der Waals surface area contributed by atoms with E-state index >= 15 is 0 Å². The summed E-state index contributed by atoms with van der Waals surface area (Å²) in [5.74, 6) is 15.3. The highest BCUT2D eigenvalue weighted by Gasteiger charge is 1.96. The van der Waals surface area contributed by atoms with Gasteiger partial charge in [0, 0.05) is 28.7 Å². The van der Waals surface area contributed by atoms with Crippen LogP contribution in [-0.2, 0) is 0 Å². The molecule has 2 aromatic rings. The summed E-state index contributed by atoms with van der Waals surface area (Å²) in [7, 11) is 0. The minimum atomic E-state index is 0.819. The SMILES string of the molecule is C#Cc1ccccc1C#Cc1ccccc1C#CCCC. The van der Waals surface area contributed by atoms with E-state index in [1.807, 2.05) is 48.5 Å². The molecule has 0 saturated carbocycles. The molecule has 0 bridgehead atoms. The third kappa shape index (κ3) is 4.04. The van der Waals surface area contributed by atoms with Gasteiger partial charge in [0.15, 0.2) is 0 Å². The van der Waals surface area contributed by atoms with E-state index in [1.165, 1.54) is 0 Å². The van der Waals surface area contributed by atoms with Crippen LogP contribution in [0.15, 0.2) is 48.5 Å². The van der Waals surface area contributed by atoms with Gasteiger partial charge in [-0.3, -0.25) is 0 Å². The van der Waals surface area contributed by atoms with Crippen LogP contribution in [0, 0.1) is 36.0 Å². The fourth-order valence-electron chi connectivity index (χ4n) is 1.84. The van der Waals surface area contributed by atoms with Crippen molar-refractivity contribution in [1.29, 1.82) is 0 Å². The maximum Gasteiger partial charge on any atom is 0.0405 e. The minimum absolute atomic E-state index is 0.819. The molecule has 0 aliphatic carbocycles. The van der Waals surface area contributed by atoms with Crippen LogP contribution >= 0.6 is 0 Å². The summed E-state index contributed by atoms with van der Waals surface area (Å²) in [4.78, 5) is 0. The zero-order valence-electron chi connectivity index (χ0n) is 12.1. The Morgan fingerprint density at radius 3 is 1.76 bits per heavy atom. The number of benzene rings is 2. The smallest absolute Gasteiger partial charge is 0.0405 e. The predicted octanol–water partition coefficient (Wildman–Crippen LogP) is 4.22. The van der Waals surface area contributed by atoms with E-state index < -0.39 is 0 Å². The van der Waals surface area contributed by atoms with Gasteiger partial charge >= 0.3 is 0 Å². The van der Waals surface area contributed by atoms with Crippen LogP contribution < -0.4 is 0 Å². The number of terminal acetylenes is 1. The van der Waals surface area contributed by atoms with Crippen molar-refractivity contribution in [3.8, 4) is 36.0 Å². The van der Waals surface area contributed by atoms with Crippen LogP contribution in [0.5, 0.6) is 0 Å². The highest BCUT2D eigenvalue weighted by molar-refractivity contribution is 5.55. The lowest BCUT2D eigenvalue weighted by Gasteiger charge is -1.97. The lowest BCUT2D eigenvalue weighted by atomic mass is 10.1. The molecule has 0 unspecified atom stereocenters. The first kappa shape index (κ1) is 14.5. The van der Waals surface area contributed by atoms with Gasteiger partial charge in [-0.25, -0.2) is 0 Å². The molecule has 100 valence electrons. The molecule has 0 nitrogen and oxygen atoms in total. The molecule has 2 aromatic carbocycles. The first-order valence-corrected chi connectivity index (χ1v) is 7.00. The number of hydrogen-bond donors (Lipinski definition) is 0. The van der Waals surface area contributed by atoms with Gasteiger partial charge in [-0.05, 0) is 30.7 Å². The Morgan fingerprint density at radius 2 is 1.24 bits per heavy atom. The molecule has 0 spiro atoms. The van der Waals surface area contributed by atoms with E-state index in [-0.39, 0.29) is 0 Å². The first-order chi connectivity index (χ1) is 10.3. The second-order valence-corrected chi connectivity index (χ2v) is 4.54. The fraction of sp³-hybridized carbons (Fsp3) is 0.143. The van der Waals surface area contributed by atoms with Crippen molar-refractivity contribution in [3.63, 3.8) is 0 Å². The summed E-state index contributed by atoms with van der Waals surface area (Å²) in [5, 5.41) is 0. The number of unbranched alkanes of at least 4 members (excludes halogenated alkanes) is 1. The van der Waals surface area contributed by atoms with E-state index in [2.05, 4.69) is 36.5 Å². The molecule has 21 heavy (non-hydrogen) atoms. The Hall–Kier alpha value is -2.88. The Balaban J connectivity index is 2.36. The second-order valence-electron chi connectivity index (χ2n) is 4.54. The van der Waals surface area contributed by atoms with Gasteiger partial charge < -0.3 is 0 Å². The lowest BCUT2D eigenvalue weighted by Crippen LogP contribution is -1.85. The average molecular weight is 268 g/mol. The Kier molecular flexibility index (Phi) is 5.29. The summed E-state index contributed by atoms with van der Waals surface area (Å²) in [6.45, 7) is 2.12. The highest BCUT2D eigenvalue weighted by Crippen LogP contribution is 2.08. The van der Waals surface area contributed by atoms with Crippen molar-refractivity contribution in [3.05, 3.63) is 70.8 Å². The van der Waals surface area contributed by atoms with Gasteiger partial charge in [-0.1, -0.05) is 60.8 Å². The molecule has 0 aliphatic heterocycles. The highest BCUT2D eigenvalue weighted by atomic mass is 14.0. The van der Waals surface area contributed by atoms with Gasteiger partial charge in [0.05, 0.1) is 0 Å². The van der Waals surface area contributed by atoms with Crippen molar-refractivity contribution in [2.75, 3.05) is 0 Å². The average Bonchev–Trinajstić information content (AvgIpc) is 2.54. The number of hydrogen-bond acceptors (Lipinski definition) is 0. The van der Waals surface area contributed by atoms with Crippen molar-refractivity contribution in [2.24, 2.45) is 0 Å². The topological polar surface area (TPSA) is 0 Å². The van der Waals surface area contributed by atoms with E-state index in [9.17, 15) is 0 Å².